The Labute approximate surface area is 190 Å². The zero-order valence-electron chi connectivity index (χ0n) is 19.3. The first-order valence-corrected chi connectivity index (χ1v) is 11.1. The molecule has 2 fully saturated rings. The van der Waals surface area contributed by atoms with Crippen molar-refractivity contribution >= 4 is 28.9 Å². The van der Waals surface area contributed by atoms with Gasteiger partial charge in [-0.25, -0.2) is 14.0 Å². The standard InChI is InChI=1S/C23H29FN4O5/c1-23(2,3)33-22(32)27-11-10-13(15(24)12-27)14-6-5-7-16-19(14)26(4)21(31)28(16)17-8-9-18(29)25-20(17)30/h5-7,13,15,17H,8-12H2,1-4H3,(H,25,29,30). The molecule has 3 atom stereocenters. The lowest BCUT2D eigenvalue weighted by Gasteiger charge is -2.36. The number of fused-ring (bicyclic) bond motifs is 1. The van der Waals surface area contributed by atoms with Gasteiger partial charge in [0, 0.05) is 25.9 Å². The van der Waals surface area contributed by atoms with Crippen molar-refractivity contribution < 1.29 is 23.5 Å². The first-order chi connectivity index (χ1) is 15.5. The van der Waals surface area contributed by atoms with E-state index in [0.29, 0.717) is 29.6 Å². The van der Waals surface area contributed by atoms with Crippen LogP contribution in [-0.2, 0) is 21.4 Å². The Kier molecular flexibility index (Phi) is 5.79. The van der Waals surface area contributed by atoms with E-state index in [9.17, 15) is 19.2 Å². The number of carbonyl (C=O) groups is 3. The minimum atomic E-state index is -1.34. The first-order valence-electron chi connectivity index (χ1n) is 11.1. The molecule has 0 aliphatic carbocycles. The van der Waals surface area contributed by atoms with Gasteiger partial charge >= 0.3 is 11.8 Å². The minimum absolute atomic E-state index is 0.0994. The summed E-state index contributed by atoms with van der Waals surface area (Å²) in [5.41, 5.74) is 0.688. The van der Waals surface area contributed by atoms with Gasteiger partial charge in [0.25, 0.3) is 0 Å². The van der Waals surface area contributed by atoms with Crippen molar-refractivity contribution in [3.8, 4) is 0 Å². The molecule has 10 heteroatoms. The number of carbonyl (C=O) groups excluding carboxylic acids is 3. The molecule has 1 aromatic heterocycles. The largest absolute Gasteiger partial charge is 0.444 e. The van der Waals surface area contributed by atoms with Crippen LogP contribution in [0.2, 0.25) is 0 Å². The van der Waals surface area contributed by atoms with Gasteiger partial charge in [-0.1, -0.05) is 12.1 Å². The van der Waals surface area contributed by atoms with Gasteiger partial charge in [0.15, 0.2) is 0 Å². The molecule has 0 spiro atoms. The molecule has 178 valence electrons. The van der Waals surface area contributed by atoms with Crippen LogP contribution in [0, 0.1) is 0 Å². The van der Waals surface area contributed by atoms with Crippen molar-refractivity contribution in [3.63, 3.8) is 0 Å². The summed E-state index contributed by atoms with van der Waals surface area (Å²) in [7, 11) is 1.60. The van der Waals surface area contributed by atoms with Crippen molar-refractivity contribution in [1.82, 2.24) is 19.4 Å². The van der Waals surface area contributed by atoms with E-state index in [4.69, 9.17) is 4.74 Å². The molecule has 0 saturated carbocycles. The predicted octanol–water partition coefficient (Wildman–Crippen LogP) is 2.38. The highest BCUT2D eigenvalue weighted by molar-refractivity contribution is 6.00. The number of benzene rings is 1. The van der Waals surface area contributed by atoms with E-state index in [1.54, 1.807) is 46.0 Å². The van der Waals surface area contributed by atoms with Gasteiger partial charge in [-0.2, -0.15) is 0 Å². The molecule has 4 rings (SSSR count). The average molecular weight is 461 g/mol. The summed E-state index contributed by atoms with van der Waals surface area (Å²) in [4.78, 5) is 50.8. The number of para-hydroxylation sites is 1. The summed E-state index contributed by atoms with van der Waals surface area (Å²) in [5, 5.41) is 2.29. The van der Waals surface area contributed by atoms with Crippen LogP contribution in [0.3, 0.4) is 0 Å². The fourth-order valence-electron chi connectivity index (χ4n) is 4.75. The SMILES string of the molecule is Cn1c(=O)n(C2CCC(=O)NC2=O)c2cccc(C3CCN(C(=O)OC(C)(C)C)CC3F)c21. The molecular weight excluding hydrogens is 431 g/mol. The summed E-state index contributed by atoms with van der Waals surface area (Å²) >= 11 is 0. The molecule has 1 aromatic carbocycles. The third kappa shape index (κ3) is 4.26. The molecular formula is C23H29FN4O5. The summed E-state index contributed by atoms with van der Waals surface area (Å²) in [5.74, 6) is -1.39. The number of likely N-dealkylation sites (tertiary alicyclic amines) is 1. The third-order valence-electron chi connectivity index (χ3n) is 6.25. The highest BCUT2D eigenvalue weighted by atomic mass is 19.1. The lowest BCUT2D eigenvalue weighted by Crippen LogP contribution is -2.46. The van der Waals surface area contributed by atoms with Gasteiger partial charge in [0.1, 0.15) is 17.8 Å². The summed E-state index contributed by atoms with van der Waals surface area (Å²) in [6, 6.07) is 4.46. The van der Waals surface area contributed by atoms with E-state index in [2.05, 4.69) is 5.32 Å². The van der Waals surface area contributed by atoms with E-state index < -0.39 is 41.4 Å². The lowest BCUT2D eigenvalue weighted by molar-refractivity contribution is -0.135. The number of alkyl halides is 1. The zero-order valence-corrected chi connectivity index (χ0v) is 19.3. The molecule has 3 heterocycles. The maximum atomic E-state index is 15.4. The van der Waals surface area contributed by atoms with Crippen molar-refractivity contribution in [3.05, 3.63) is 34.2 Å². The van der Waals surface area contributed by atoms with Crippen molar-refractivity contribution in [2.24, 2.45) is 7.05 Å². The van der Waals surface area contributed by atoms with Crippen LogP contribution in [0.1, 0.15) is 57.6 Å². The zero-order chi connectivity index (χ0) is 24.1. The highest BCUT2D eigenvalue weighted by Crippen LogP contribution is 2.36. The van der Waals surface area contributed by atoms with Gasteiger partial charge in [0.05, 0.1) is 17.6 Å². The number of hydrogen-bond donors (Lipinski definition) is 1. The second-order valence-electron chi connectivity index (χ2n) is 9.73. The number of nitrogens with zero attached hydrogens (tertiary/aromatic N) is 3. The number of piperidine rings is 2. The topological polar surface area (TPSA) is 103 Å². The summed E-state index contributed by atoms with van der Waals surface area (Å²) in [6.07, 6.45) is -1.14. The molecule has 2 aliphatic rings. The molecule has 33 heavy (non-hydrogen) atoms. The Morgan fingerprint density at radius 3 is 2.55 bits per heavy atom. The van der Waals surface area contributed by atoms with Crippen molar-refractivity contribution in [2.45, 2.75) is 63.8 Å². The third-order valence-corrected chi connectivity index (χ3v) is 6.25. The number of halogens is 1. The van der Waals surface area contributed by atoms with Crippen LogP contribution in [-0.4, -0.2) is 56.8 Å². The van der Waals surface area contributed by atoms with E-state index in [1.807, 2.05) is 0 Å². The Bertz CT molecular complexity index is 1180. The van der Waals surface area contributed by atoms with Crippen LogP contribution >= 0.6 is 0 Å². The smallest absolute Gasteiger partial charge is 0.410 e. The van der Waals surface area contributed by atoms with Gasteiger partial charge in [0.2, 0.25) is 11.8 Å². The van der Waals surface area contributed by atoms with Gasteiger partial charge in [-0.15, -0.1) is 0 Å². The number of imide groups is 1. The second kappa shape index (κ2) is 8.31. The Morgan fingerprint density at radius 2 is 1.91 bits per heavy atom. The number of imidazole rings is 1. The van der Waals surface area contributed by atoms with Gasteiger partial charge in [-0.3, -0.25) is 24.0 Å². The van der Waals surface area contributed by atoms with Crippen LogP contribution in [0.5, 0.6) is 0 Å². The Hall–Kier alpha value is -3.17. The molecule has 3 unspecified atom stereocenters. The van der Waals surface area contributed by atoms with Crippen molar-refractivity contribution in [1.29, 1.82) is 0 Å². The molecule has 2 aliphatic heterocycles. The Balaban J connectivity index is 1.66. The summed E-state index contributed by atoms with van der Waals surface area (Å²) < 4.78 is 23.6. The number of aryl methyl sites for hydroxylation is 1. The van der Waals surface area contributed by atoms with Gasteiger partial charge in [-0.05, 0) is 45.2 Å². The molecule has 0 radical (unpaired) electrons. The van der Waals surface area contributed by atoms with E-state index in [-0.39, 0.29) is 25.3 Å². The van der Waals surface area contributed by atoms with Gasteiger partial charge < -0.3 is 9.64 Å². The van der Waals surface area contributed by atoms with Crippen molar-refractivity contribution in [2.75, 3.05) is 13.1 Å². The Morgan fingerprint density at radius 1 is 1.18 bits per heavy atom. The predicted molar refractivity (Wildman–Crippen MR) is 119 cm³/mol. The first kappa shape index (κ1) is 23.0. The molecule has 2 aromatic rings. The maximum absolute atomic E-state index is 15.4. The number of rotatable bonds is 2. The molecule has 1 N–H and O–H groups in total. The monoisotopic (exact) mass is 460 g/mol. The molecule has 3 amide bonds. The summed E-state index contributed by atoms with van der Waals surface area (Å²) in [6.45, 7) is 5.52. The fraction of sp³-hybridized carbons (Fsp3) is 0.565. The van der Waals surface area contributed by atoms with E-state index in [1.165, 1.54) is 14.0 Å². The van der Waals surface area contributed by atoms with Crippen LogP contribution in [0.15, 0.2) is 23.0 Å². The maximum Gasteiger partial charge on any atom is 0.410 e. The number of nitrogens with one attached hydrogen (secondary N) is 1. The van der Waals surface area contributed by atoms with Crippen LogP contribution < -0.4 is 11.0 Å². The lowest BCUT2D eigenvalue weighted by atomic mass is 9.87. The molecule has 9 nitrogen and oxygen atoms in total. The number of hydrogen-bond acceptors (Lipinski definition) is 5. The molecule has 2 saturated heterocycles. The minimum Gasteiger partial charge on any atom is -0.444 e. The van der Waals surface area contributed by atoms with E-state index in [0.717, 1.165) is 0 Å². The average Bonchev–Trinajstić information content (AvgIpc) is 2.98. The number of ether oxygens (including phenoxy) is 1. The number of amides is 3. The van der Waals surface area contributed by atoms with E-state index >= 15 is 4.39 Å². The van der Waals surface area contributed by atoms with Crippen LogP contribution in [0.4, 0.5) is 9.18 Å². The second-order valence-corrected chi connectivity index (χ2v) is 9.73. The normalized spacial score (nSPS) is 24.2. The quantitative estimate of drug-likeness (QED) is 0.694. The highest BCUT2D eigenvalue weighted by Gasteiger charge is 2.37. The van der Waals surface area contributed by atoms with Crippen LogP contribution in [0.25, 0.3) is 11.0 Å². The number of aromatic nitrogens is 2. The molecule has 0 bridgehead atoms. The fourth-order valence-corrected chi connectivity index (χ4v) is 4.75.